The zero-order valence-corrected chi connectivity index (χ0v) is 11.5. The smallest absolute Gasteiger partial charge is 0.326 e. The summed E-state index contributed by atoms with van der Waals surface area (Å²) in [6.45, 7) is 2.73. The standard InChI is InChI=1S/C14H20N4O2/c15-10-5-6-12(17-7-1-2-8-17)16-13(10)18-9-3-4-11(18)14(19)20/h5-6,11H,1-4,7-9,15H2,(H,19,20). The highest BCUT2D eigenvalue weighted by Gasteiger charge is 2.32. The van der Waals surface area contributed by atoms with Gasteiger partial charge in [-0.1, -0.05) is 0 Å². The van der Waals surface area contributed by atoms with Crippen LogP contribution < -0.4 is 15.5 Å². The van der Waals surface area contributed by atoms with Gasteiger partial charge in [-0.25, -0.2) is 9.78 Å². The Kier molecular flexibility index (Phi) is 3.38. The third-order valence-electron chi connectivity index (χ3n) is 4.13. The molecule has 1 atom stereocenters. The maximum Gasteiger partial charge on any atom is 0.326 e. The van der Waals surface area contributed by atoms with Gasteiger partial charge in [-0.2, -0.15) is 0 Å². The van der Waals surface area contributed by atoms with Gasteiger partial charge in [0.1, 0.15) is 11.9 Å². The highest BCUT2D eigenvalue weighted by molar-refractivity contribution is 5.81. The van der Waals surface area contributed by atoms with Crippen LogP contribution in [-0.4, -0.2) is 41.7 Å². The van der Waals surface area contributed by atoms with E-state index in [2.05, 4.69) is 9.88 Å². The molecule has 3 rings (SSSR count). The summed E-state index contributed by atoms with van der Waals surface area (Å²) in [4.78, 5) is 20.0. The molecule has 1 unspecified atom stereocenters. The number of nitrogens with two attached hydrogens (primary N) is 1. The van der Waals surface area contributed by atoms with Crippen molar-refractivity contribution in [3.63, 3.8) is 0 Å². The lowest BCUT2D eigenvalue weighted by atomic mass is 10.2. The van der Waals surface area contributed by atoms with Crippen LogP contribution in [-0.2, 0) is 4.79 Å². The third kappa shape index (κ3) is 2.26. The number of anilines is 3. The van der Waals surface area contributed by atoms with Crippen LogP contribution in [0.1, 0.15) is 25.7 Å². The summed E-state index contributed by atoms with van der Waals surface area (Å²) >= 11 is 0. The van der Waals surface area contributed by atoms with Gasteiger partial charge in [-0.05, 0) is 37.8 Å². The molecule has 0 amide bonds. The first-order chi connectivity index (χ1) is 9.66. The van der Waals surface area contributed by atoms with Crippen LogP contribution in [0.5, 0.6) is 0 Å². The molecule has 0 aliphatic carbocycles. The fraction of sp³-hybridized carbons (Fsp3) is 0.571. The minimum Gasteiger partial charge on any atom is -0.480 e. The van der Waals surface area contributed by atoms with Crippen molar-refractivity contribution in [2.75, 3.05) is 35.2 Å². The summed E-state index contributed by atoms with van der Waals surface area (Å²) in [5, 5.41) is 9.30. The second kappa shape index (κ2) is 5.19. The minimum atomic E-state index is -0.796. The van der Waals surface area contributed by atoms with E-state index in [1.165, 1.54) is 12.8 Å². The molecule has 2 fully saturated rings. The number of carboxylic acids is 1. The molecule has 0 radical (unpaired) electrons. The Morgan fingerprint density at radius 3 is 2.70 bits per heavy atom. The van der Waals surface area contributed by atoms with Crippen LogP contribution >= 0.6 is 0 Å². The van der Waals surface area contributed by atoms with Crippen molar-refractivity contribution in [1.29, 1.82) is 0 Å². The number of hydrogen-bond donors (Lipinski definition) is 2. The maximum absolute atomic E-state index is 11.3. The van der Waals surface area contributed by atoms with E-state index >= 15 is 0 Å². The van der Waals surface area contributed by atoms with Crippen molar-refractivity contribution in [2.45, 2.75) is 31.7 Å². The van der Waals surface area contributed by atoms with Crippen molar-refractivity contribution in [3.05, 3.63) is 12.1 Å². The quantitative estimate of drug-likeness (QED) is 0.866. The number of carboxylic acid groups (broad SMARTS) is 1. The molecule has 6 heteroatoms. The summed E-state index contributed by atoms with van der Waals surface area (Å²) < 4.78 is 0. The van der Waals surface area contributed by atoms with Crippen molar-refractivity contribution < 1.29 is 9.90 Å². The molecule has 0 bridgehead atoms. The maximum atomic E-state index is 11.3. The van der Waals surface area contributed by atoms with Gasteiger partial charge in [0, 0.05) is 19.6 Å². The van der Waals surface area contributed by atoms with Gasteiger partial charge in [-0.3, -0.25) is 0 Å². The Morgan fingerprint density at radius 1 is 1.25 bits per heavy atom. The fourth-order valence-electron chi connectivity index (χ4n) is 3.08. The van der Waals surface area contributed by atoms with Crippen molar-refractivity contribution >= 4 is 23.3 Å². The number of carbonyl (C=O) groups is 1. The molecular formula is C14H20N4O2. The van der Waals surface area contributed by atoms with Crippen molar-refractivity contribution in [2.24, 2.45) is 0 Å². The second-order valence-electron chi connectivity index (χ2n) is 5.47. The van der Waals surface area contributed by atoms with E-state index in [0.29, 0.717) is 24.5 Å². The molecule has 0 aromatic carbocycles. The van der Waals surface area contributed by atoms with Crippen LogP contribution in [0.15, 0.2) is 12.1 Å². The number of hydrogen-bond acceptors (Lipinski definition) is 5. The summed E-state index contributed by atoms with van der Waals surface area (Å²) in [6, 6.07) is 3.27. The predicted octanol–water partition coefficient (Wildman–Crippen LogP) is 1.32. The first-order valence-corrected chi connectivity index (χ1v) is 7.18. The molecule has 6 nitrogen and oxygen atoms in total. The van der Waals surface area contributed by atoms with Gasteiger partial charge >= 0.3 is 5.97 Å². The van der Waals surface area contributed by atoms with E-state index in [0.717, 1.165) is 25.3 Å². The summed E-state index contributed by atoms with van der Waals surface area (Å²) in [6.07, 6.45) is 3.89. The SMILES string of the molecule is Nc1ccc(N2CCCC2)nc1N1CCCC1C(=O)O. The van der Waals surface area contributed by atoms with E-state index in [9.17, 15) is 9.90 Å². The molecule has 2 aliphatic rings. The van der Waals surface area contributed by atoms with Gasteiger partial charge in [-0.15, -0.1) is 0 Å². The lowest BCUT2D eigenvalue weighted by Gasteiger charge is -2.26. The molecule has 2 saturated heterocycles. The number of pyridine rings is 1. The molecule has 0 spiro atoms. The largest absolute Gasteiger partial charge is 0.480 e. The average Bonchev–Trinajstić information content (AvgIpc) is 3.10. The molecule has 3 N–H and O–H groups in total. The van der Waals surface area contributed by atoms with E-state index in [4.69, 9.17) is 5.73 Å². The minimum absolute atomic E-state index is 0.501. The van der Waals surface area contributed by atoms with E-state index in [1.54, 1.807) is 0 Å². The zero-order valence-electron chi connectivity index (χ0n) is 11.5. The molecule has 0 saturated carbocycles. The van der Waals surface area contributed by atoms with Crippen molar-refractivity contribution in [1.82, 2.24) is 4.98 Å². The Balaban J connectivity index is 1.91. The molecule has 1 aromatic heterocycles. The Hall–Kier alpha value is -1.98. The van der Waals surface area contributed by atoms with Gasteiger partial charge in [0.2, 0.25) is 0 Å². The molecule has 108 valence electrons. The molecule has 1 aromatic rings. The number of nitrogen functional groups attached to an aromatic ring is 1. The molecular weight excluding hydrogens is 256 g/mol. The summed E-state index contributed by atoms with van der Waals surface area (Å²) in [5.74, 6) is 0.734. The number of aliphatic carboxylic acids is 1. The van der Waals surface area contributed by atoms with Crippen LogP contribution in [0.4, 0.5) is 17.3 Å². The predicted molar refractivity (Wildman–Crippen MR) is 78.1 cm³/mol. The monoisotopic (exact) mass is 276 g/mol. The van der Waals surface area contributed by atoms with Gasteiger partial charge in [0.05, 0.1) is 5.69 Å². The van der Waals surface area contributed by atoms with Gasteiger partial charge in [0.25, 0.3) is 0 Å². The van der Waals surface area contributed by atoms with Crippen LogP contribution in [0.3, 0.4) is 0 Å². The second-order valence-corrected chi connectivity index (χ2v) is 5.47. The number of aromatic nitrogens is 1. The topological polar surface area (TPSA) is 82.7 Å². The first kappa shape index (κ1) is 13.0. The van der Waals surface area contributed by atoms with Crippen molar-refractivity contribution in [3.8, 4) is 0 Å². The van der Waals surface area contributed by atoms with Crippen LogP contribution in [0.2, 0.25) is 0 Å². The summed E-state index contributed by atoms with van der Waals surface area (Å²) in [5.41, 5.74) is 6.57. The Labute approximate surface area is 118 Å². The fourth-order valence-corrected chi connectivity index (χ4v) is 3.08. The highest BCUT2D eigenvalue weighted by Crippen LogP contribution is 2.31. The molecule has 20 heavy (non-hydrogen) atoms. The third-order valence-corrected chi connectivity index (χ3v) is 4.13. The normalized spacial score (nSPS) is 22.5. The summed E-state index contributed by atoms with van der Waals surface area (Å²) in [7, 11) is 0. The number of nitrogens with zero attached hydrogens (tertiary/aromatic N) is 3. The lowest BCUT2D eigenvalue weighted by Crippen LogP contribution is -2.37. The van der Waals surface area contributed by atoms with E-state index in [1.807, 2.05) is 17.0 Å². The van der Waals surface area contributed by atoms with E-state index < -0.39 is 12.0 Å². The number of rotatable bonds is 3. The Morgan fingerprint density at radius 2 is 2.00 bits per heavy atom. The Bertz CT molecular complexity index is 514. The molecule has 2 aliphatic heterocycles. The molecule has 3 heterocycles. The highest BCUT2D eigenvalue weighted by atomic mass is 16.4. The van der Waals surface area contributed by atoms with Crippen LogP contribution in [0, 0.1) is 0 Å². The van der Waals surface area contributed by atoms with Gasteiger partial charge < -0.3 is 20.6 Å². The average molecular weight is 276 g/mol. The van der Waals surface area contributed by atoms with Gasteiger partial charge in [0.15, 0.2) is 5.82 Å². The zero-order chi connectivity index (χ0) is 14.1. The lowest BCUT2D eigenvalue weighted by molar-refractivity contribution is -0.138. The first-order valence-electron chi connectivity index (χ1n) is 7.18. The van der Waals surface area contributed by atoms with Crippen LogP contribution in [0.25, 0.3) is 0 Å². The van der Waals surface area contributed by atoms with E-state index in [-0.39, 0.29) is 0 Å².